The highest BCUT2D eigenvalue weighted by Gasteiger charge is 2.17. The maximum absolute atomic E-state index is 11.6. The van der Waals surface area contributed by atoms with E-state index in [4.69, 9.17) is 0 Å². The molecule has 0 atom stereocenters. The van der Waals surface area contributed by atoms with E-state index < -0.39 is 10.0 Å². The van der Waals surface area contributed by atoms with Gasteiger partial charge in [-0.1, -0.05) is 0 Å². The molecule has 0 radical (unpaired) electrons. The highest BCUT2D eigenvalue weighted by Crippen LogP contribution is 2.11. The van der Waals surface area contributed by atoms with Gasteiger partial charge in [0.15, 0.2) is 0 Å². The van der Waals surface area contributed by atoms with Crippen molar-refractivity contribution in [2.24, 2.45) is 0 Å². The second-order valence-electron chi connectivity index (χ2n) is 3.73. The SMILES string of the molecule is CCn1ncc(CN(C)S(=O)(=O)CC)c1C. The first-order chi connectivity index (χ1) is 7.42. The standard InChI is InChI=1S/C10H19N3O2S/c1-5-13-9(3)10(7-11-13)8-12(4)16(14,15)6-2/h7H,5-6,8H2,1-4H3. The highest BCUT2D eigenvalue weighted by molar-refractivity contribution is 7.89. The summed E-state index contributed by atoms with van der Waals surface area (Å²) in [6, 6.07) is 0. The van der Waals surface area contributed by atoms with Crippen LogP contribution in [0.4, 0.5) is 0 Å². The Morgan fingerprint density at radius 3 is 2.50 bits per heavy atom. The normalized spacial score (nSPS) is 12.3. The summed E-state index contributed by atoms with van der Waals surface area (Å²) < 4.78 is 26.4. The van der Waals surface area contributed by atoms with Crippen molar-refractivity contribution in [3.63, 3.8) is 0 Å². The van der Waals surface area contributed by atoms with Gasteiger partial charge in [-0.15, -0.1) is 0 Å². The molecule has 0 N–H and O–H groups in total. The van der Waals surface area contributed by atoms with Crippen molar-refractivity contribution in [1.82, 2.24) is 14.1 Å². The van der Waals surface area contributed by atoms with Gasteiger partial charge >= 0.3 is 0 Å². The van der Waals surface area contributed by atoms with E-state index in [-0.39, 0.29) is 5.75 Å². The van der Waals surface area contributed by atoms with Gasteiger partial charge in [-0.2, -0.15) is 5.10 Å². The zero-order valence-corrected chi connectivity index (χ0v) is 11.1. The Labute approximate surface area is 97.1 Å². The lowest BCUT2D eigenvalue weighted by Gasteiger charge is -2.15. The minimum absolute atomic E-state index is 0.129. The van der Waals surface area contributed by atoms with Gasteiger partial charge in [-0.3, -0.25) is 4.68 Å². The molecule has 0 spiro atoms. The lowest BCUT2D eigenvalue weighted by molar-refractivity contribution is 0.466. The molecule has 1 heterocycles. The molecule has 0 aromatic carbocycles. The number of rotatable bonds is 5. The summed E-state index contributed by atoms with van der Waals surface area (Å²) in [5.41, 5.74) is 1.99. The Hall–Kier alpha value is -0.880. The maximum atomic E-state index is 11.6. The molecule has 92 valence electrons. The number of sulfonamides is 1. The van der Waals surface area contributed by atoms with Gasteiger partial charge < -0.3 is 0 Å². The fourth-order valence-corrected chi connectivity index (χ4v) is 2.29. The van der Waals surface area contributed by atoms with Crippen LogP contribution in [0, 0.1) is 6.92 Å². The number of hydrogen-bond acceptors (Lipinski definition) is 3. The van der Waals surface area contributed by atoms with Gasteiger partial charge in [0, 0.05) is 31.4 Å². The smallest absolute Gasteiger partial charge is 0.213 e. The summed E-state index contributed by atoms with van der Waals surface area (Å²) in [6.07, 6.45) is 1.74. The average Bonchev–Trinajstić information content (AvgIpc) is 2.60. The monoisotopic (exact) mass is 245 g/mol. The van der Waals surface area contributed by atoms with Gasteiger partial charge in [0.05, 0.1) is 11.9 Å². The van der Waals surface area contributed by atoms with Crippen LogP contribution in [0.25, 0.3) is 0 Å². The summed E-state index contributed by atoms with van der Waals surface area (Å²) >= 11 is 0. The van der Waals surface area contributed by atoms with Crippen molar-refractivity contribution in [1.29, 1.82) is 0 Å². The van der Waals surface area contributed by atoms with E-state index in [2.05, 4.69) is 5.10 Å². The van der Waals surface area contributed by atoms with E-state index in [9.17, 15) is 8.42 Å². The van der Waals surface area contributed by atoms with Crippen LogP contribution in [-0.2, 0) is 23.1 Å². The maximum Gasteiger partial charge on any atom is 0.213 e. The van der Waals surface area contributed by atoms with Crippen molar-refractivity contribution in [2.75, 3.05) is 12.8 Å². The molecule has 5 nitrogen and oxygen atoms in total. The number of hydrogen-bond donors (Lipinski definition) is 0. The van der Waals surface area contributed by atoms with E-state index >= 15 is 0 Å². The molecule has 0 aliphatic rings. The second-order valence-corrected chi connectivity index (χ2v) is 6.09. The fraction of sp³-hybridized carbons (Fsp3) is 0.700. The van der Waals surface area contributed by atoms with Gasteiger partial charge in [-0.25, -0.2) is 12.7 Å². The van der Waals surface area contributed by atoms with Crippen molar-refractivity contribution < 1.29 is 8.42 Å². The zero-order chi connectivity index (χ0) is 12.3. The predicted octanol–water partition coefficient (Wildman–Crippen LogP) is 0.993. The second kappa shape index (κ2) is 4.97. The summed E-state index contributed by atoms with van der Waals surface area (Å²) in [6.45, 7) is 6.81. The molecule has 6 heteroatoms. The van der Waals surface area contributed by atoms with E-state index in [1.54, 1.807) is 20.2 Å². The first-order valence-corrected chi connectivity index (χ1v) is 6.98. The Morgan fingerprint density at radius 1 is 1.44 bits per heavy atom. The number of nitrogens with zero attached hydrogens (tertiary/aromatic N) is 3. The van der Waals surface area contributed by atoms with Crippen LogP contribution in [0.15, 0.2) is 6.20 Å². The Kier molecular flexibility index (Phi) is 4.09. The quantitative estimate of drug-likeness (QED) is 0.777. The van der Waals surface area contributed by atoms with E-state index in [1.165, 1.54) is 4.31 Å². The molecule has 0 unspecified atom stereocenters. The predicted molar refractivity (Wildman–Crippen MR) is 63.6 cm³/mol. The fourth-order valence-electron chi connectivity index (χ4n) is 1.52. The molecule has 16 heavy (non-hydrogen) atoms. The first-order valence-electron chi connectivity index (χ1n) is 5.37. The Balaban J connectivity index is 2.85. The molecule has 0 aliphatic heterocycles. The Morgan fingerprint density at radius 2 is 2.06 bits per heavy atom. The average molecular weight is 245 g/mol. The van der Waals surface area contributed by atoms with Gasteiger partial charge in [-0.05, 0) is 20.8 Å². The number of aryl methyl sites for hydroxylation is 1. The molecule has 1 aromatic heterocycles. The van der Waals surface area contributed by atoms with Crippen molar-refractivity contribution in [3.05, 3.63) is 17.5 Å². The van der Waals surface area contributed by atoms with Crippen LogP contribution in [0.5, 0.6) is 0 Å². The lowest BCUT2D eigenvalue weighted by atomic mass is 10.2. The summed E-state index contributed by atoms with van der Waals surface area (Å²) in [5, 5.41) is 4.19. The van der Waals surface area contributed by atoms with Gasteiger partial charge in [0.2, 0.25) is 10.0 Å². The highest BCUT2D eigenvalue weighted by atomic mass is 32.2. The minimum Gasteiger partial charge on any atom is -0.270 e. The first kappa shape index (κ1) is 13.2. The van der Waals surface area contributed by atoms with Crippen LogP contribution in [0.1, 0.15) is 25.1 Å². The molecular weight excluding hydrogens is 226 g/mol. The molecule has 0 saturated heterocycles. The zero-order valence-electron chi connectivity index (χ0n) is 10.3. The van der Waals surface area contributed by atoms with Crippen molar-refractivity contribution >= 4 is 10.0 Å². The molecule has 1 aromatic rings. The van der Waals surface area contributed by atoms with Crippen molar-refractivity contribution in [2.45, 2.75) is 33.9 Å². The van der Waals surface area contributed by atoms with Gasteiger partial charge in [0.25, 0.3) is 0 Å². The molecule has 1 rings (SSSR count). The van der Waals surface area contributed by atoms with Crippen LogP contribution < -0.4 is 0 Å². The van der Waals surface area contributed by atoms with Crippen LogP contribution in [-0.4, -0.2) is 35.3 Å². The molecular formula is C10H19N3O2S. The molecule has 0 aliphatic carbocycles. The number of aromatic nitrogens is 2. The molecule has 0 amide bonds. The third-order valence-corrected chi connectivity index (χ3v) is 4.55. The lowest BCUT2D eigenvalue weighted by Crippen LogP contribution is -2.28. The van der Waals surface area contributed by atoms with E-state index in [0.717, 1.165) is 17.8 Å². The topological polar surface area (TPSA) is 55.2 Å². The molecule has 0 bridgehead atoms. The van der Waals surface area contributed by atoms with Gasteiger partial charge in [0.1, 0.15) is 0 Å². The third kappa shape index (κ3) is 2.62. The molecule has 0 saturated carbocycles. The Bertz CT molecular complexity index is 451. The summed E-state index contributed by atoms with van der Waals surface area (Å²) in [5.74, 6) is 0.129. The van der Waals surface area contributed by atoms with Crippen molar-refractivity contribution in [3.8, 4) is 0 Å². The summed E-state index contributed by atoms with van der Waals surface area (Å²) in [4.78, 5) is 0. The third-order valence-electron chi connectivity index (χ3n) is 2.74. The molecule has 0 fully saturated rings. The van der Waals surface area contributed by atoms with Crippen LogP contribution in [0.3, 0.4) is 0 Å². The van der Waals surface area contributed by atoms with Crippen LogP contribution in [0.2, 0.25) is 0 Å². The van der Waals surface area contributed by atoms with E-state index in [0.29, 0.717) is 6.54 Å². The minimum atomic E-state index is -3.11. The van der Waals surface area contributed by atoms with E-state index in [1.807, 2.05) is 18.5 Å². The largest absolute Gasteiger partial charge is 0.270 e. The summed E-state index contributed by atoms with van der Waals surface area (Å²) in [7, 11) is -1.52. The van der Waals surface area contributed by atoms with Crippen LogP contribution >= 0.6 is 0 Å².